The highest BCUT2D eigenvalue weighted by Crippen LogP contribution is 2.30. The van der Waals surface area contributed by atoms with Crippen LogP contribution in [0.2, 0.25) is 0 Å². The van der Waals surface area contributed by atoms with Gasteiger partial charge >= 0.3 is 11.9 Å². The van der Waals surface area contributed by atoms with Crippen LogP contribution in [0.5, 0.6) is 23.0 Å². The van der Waals surface area contributed by atoms with Crippen molar-refractivity contribution in [3.05, 3.63) is 78.1 Å². The summed E-state index contributed by atoms with van der Waals surface area (Å²) in [5.41, 5.74) is 0.894. The summed E-state index contributed by atoms with van der Waals surface area (Å²) in [6, 6.07) is 17.6. The fourth-order valence-electron chi connectivity index (χ4n) is 4.46. The molecule has 0 aliphatic heterocycles. The highest BCUT2D eigenvalue weighted by molar-refractivity contribution is 5.98. The van der Waals surface area contributed by atoms with Gasteiger partial charge in [-0.1, -0.05) is 37.3 Å². The SMILES string of the molecule is CC[C@H](Cc1ccc(OC)cc1)[C@@H](Oc1ccccc1)[C@H](C)OC(=O)[C@H](C)NC(=O)c1nccc(OC)c1OC(C)=O. The molecule has 0 fully saturated rings. The van der Waals surface area contributed by atoms with Gasteiger partial charge in [0.05, 0.1) is 14.2 Å². The molecule has 1 heterocycles. The number of methoxy groups -OCH3 is 2. The Morgan fingerprint density at radius 3 is 2.19 bits per heavy atom. The summed E-state index contributed by atoms with van der Waals surface area (Å²) in [7, 11) is 3.00. The molecule has 3 rings (SSSR count). The number of esters is 2. The predicted molar refractivity (Wildman–Crippen MR) is 156 cm³/mol. The van der Waals surface area contributed by atoms with Crippen LogP contribution in [0.15, 0.2) is 66.9 Å². The molecule has 1 N–H and O–H groups in total. The Morgan fingerprint density at radius 2 is 1.60 bits per heavy atom. The van der Waals surface area contributed by atoms with Gasteiger partial charge in [-0.15, -0.1) is 0 Å². The number of rotatable bonds is 14. The van der Waals surface area contributed by atoms with E-state index in [-0.39, 0.29) is 23.1 Å². The summed E-state index contributed by atoms with van der Waals surface area (Å²) in [5, 5.41) is 2.57. The number of carbonyl (C=O) groups is 3. The minimum absolute atomic E-state index is 0.00132. The largest absolute Gasteiger partial charge is 0.497 e. The van der Waals surface area contributed by atoms with Crippen molar-refractivity contribution in [2.75, 3.05) is 14.2 Å². The number of hydrogen-bond donors (Lipinski definition) is 1. The molecule has 42 heavy (non-hydrogen) atoms. The van der Waals surface area contributed by atoms with E-state index in [0.29, 0.717) is 12.2 Å². The molecule has 0 radical (unpaired) electrons. The van der Waals surface area contributed by atoms with Crippen molar-refractivity contribution in [1.29, 1.82) is 0 Å². The van der Waals surface area contributed by atoms with Crippen LogP contribution in [-0.4, -0.2) is 55.3 Å². The maximum atomic E-state index is 13.2. The van der Waals surface area contributed by atoms with E-state index in [1.54, 1.807) is 14.0 Å². The summed E-state index contributed by atoms with van der Waals surface area (Å²) in [6.07, 6.45) is 1.64. The normalized spacial score (nSPS) is 13.6. The lowest BCUT2D eigenvalue weighted by Gasteiger charge is -2.32. The van der Waals surface area contributed by atoms with E-state index in [9.17, 15) is 14.4 Å². The Labute approximate surface area is 246 Å². The standard InChI is InChI=1S/C32H38N2O8/c1-7-24(19-23-13-15-25(38-5)16-14-23)29(42-26-11-9-8-10-12-26)21(3)40-32(37)20(2)34-31(36)28-30(41-22(4)35)27(39-6)17-18-33-28/h8-18,20-21,24,29H,7,19H2,1-6H3,(H,34,36)/t20-,21-,24+,29-/m0/s1. The van der Waals surface area contributed by atoms with E-state index in [0.717, 1.165) is 17.7 Å². The van der Waals surface area contributed by atoms with Crippen LogP contribution in [-0.2, 0) is 20.7 Å². The van der Waals surface area contributed by atoms with E-state index in [1.165, 1.54) is 33.2 Å². The van der Waals surface area contributed by atoms with Crippen molar-refractivity contribution >= 4 is 17.8 Å². The quantitative estimate of drug-likeness (QED) is 0.269. The van der Waals surface area contributed by atoms with Crippen LogP contribution in [0.4, 0.5) is 0 Å². The van der Waals surface area contributed by atoms with Crippen LogP contribution in [0.1, 0.15) is 50.2 Å². The summed E-state index contributed by atoms with van der Waals surface area (Å²) in [5.74, 6) is -0.607. The lowest BCUT2D eigenvalue weighted by atomic mass is 9.89. The molecule has 0 aliphatic rings. The number of para-hydroxylation sites is 1. The van der Waals surface area contributed by atoms with Crippen LogP contribution in [0.25, 0.3) is 0 Å². The van der Waals surface area contributed by atoms with Gasteiger partial charge in [0.2, 0.25) is 5.75 Å². The smallest absolute Gasteiger partial charge is 0.328 e. The zero-order valence-corrected chi connectivity index (χ0v) is 24.8. The summed E-state index contributed by atoms with van der Waals surface area (Å²) >= 11 is 0. The molecule has 10 nitrogen and oxygen atoms in total. The van der Waals surface area contributed by atoms with Crippen molar-refractivity contribution in [2.24, 2.45) is 5.92 Å². The number of carbonyl (C=O) groups excluding carboxylic acids is 3. The highest BCUT2D eigenvalue weighted by Gasteiger charge is 2.33. The first-order chi connectivity index (χ1) is 20.2. The van der Waals surface area contributed by atoms with Crippen LogP contribution in [0, 0.1) is 5.92 Å². The van der Waals surface area contributed by atoms with Crippen LogP contribution >= 0.6 is 0 Å². The molecule has 1 amide bonds. The van der Waals surface area contributed by atoms with Gasteiger partial charge in [-0.25, -0.2) is 9.78 Å². The van der Waals surface area contributed by atoms with Crippen molar-refractivity contribution < 1.29 is 38.1 Å². The van der Waals surface area contributed by atoms with Gasteiger partial charge in [0, 0.05) is 25.1 Å². The Balaban J connectivity index is 1.76. The molecular formula is C32H38N2O8. The Hall–Kier alpha value is -4.60. The molecule has 0 spiro atoms. The van der Waals surface area contributed by atoms with Crippen molar-refractivity contribution in [3.63, 3.8) is 0 Å². The maximum Gasteiger partial charge on any atom is 0.328 e. The van der Waals surface area contributed by atoms with Gasteiger partial charge in [0.15, 0.2) is 11.4 Å². The number of nitrogens with zero attached hydrogens (tertiary/aromatic N) is 1. The molecular weight excluding hydrogens is 540 g/mol. The number of aromatic nitrogens is 1. The molecule has 224 valence electrons. The van der Waals surface area contributed by atoms with Crippen molar-refractivity contribution in [2.45, 2.75) is 58.8 Å². The van der Waals surface area contributed by atoms with Gasteiger partial charge in [0.25, 0.3) is 5.91 Å². The molecule has 1 aromatic heterocycles. The third kappa shape index (κ3) is 8.70. The molecule has 2 aromatic carbocycles. The second-order valence-electron chi connectivity index (χ2n) is 9.74. The second kappa shape index (κ2) is 15.4. The first-order valence-corrected chi connectivity index (χ1v) is 13.7. The first-order valence-electron chi connectivity index (χ1n) is 13.7. The lowest BCUT2D eigenvalue weighted by molar-refractivity contribution is -0.156. The molecule has 3 aromatic rings. The van der Waals surface area contributed by atoms with E-state index in [4.69, 9.17) is 23.7 Å². The minimum Gasteiger partial charge on any atom is -0.497 e. The number of amides is 1. The molecule has 10 heteroatoms. The van der Waals surface area contributed by atoms with E-state index < -0.39 is 36.1 Å². The third-order valence-electron chi connectivity index (χ3n) is 6.68. The van der Waals surface area contributed by atoms with Crippen molar-refractivity contribution in [1.82, 2.24) is 10.3 Å². The molecule has 0 saturated carbocycles. The van der Waals surface area contributed by atoms with Crippen LogP contribution < -0.4 is 24.3 Å². The molecule has 0 aliphatic carbocycles. The van der Waals surface area contributed by atoms with E-state index in [2.05, 4.69) is 17.2 Å². The fourth-order valence-corrected chi connectivity index (χ4v) is 4.46. The second-order valence-corrected chi connectivity index (χ2v) is 9.74. The van der Waals surface area contributed by atoms with E-state index in [1.807, 2.05) is 54.6 Å². The molecule has 0 bridgehead atoms. The van der Waals surface area contributed by atoms with Gasteiger partial charge in [-0.05, 0) is 56.5 Å². The van der Waals surface area contributed by atoms with Gasteiger partial charge < -0.3 is 29.0 Å². The maximum absolute atomic E-state index is 13.2. The first kappa shape index (κ1) is 31.9. The molecule has 0 saturated heterocycles. The number of hydrogen-bond acceptors (Lipinski definition) is 9. The molecule has 0 unspecified atom stereocenters. The zero-order valence-electron chi connectivity index (χ0n) is 24.8. The Morgan fingerprint density at radius 1 is 0.905 bits per heavy atom. The monoisotopic (exact) mass is 578 g/mol. The van der Waals surface area contributed by atoms with Gasteiger partial charge in [0.1, 0.15) is 29.7 Å². The number of nitrogens with one attached hydrogen (secondary N) is 1. The number of pyridine rings is 1. The van der Waals surface area contributed by atoms with Crippen molar-refractivity contribution in [3.8, 4) is 23.0 Å². The van der Waals surface area contributed by atoms with Gasteiger partial charge in [-0.2, -0.15) is 0 Å². The Bertz CT molecular complexity index is 1330. The average Bonchev–Trinajstić information content (AvgIpc) is 2.99. The zero-order chi connectivity index (χ0) is 30.6. The predicted octanol–water partition coefficient (Wildman–Crippen LogP) is 4.79. The summed E-state index contributed by atoms with van der Waals surface area (Å²) in [4.78, 5) is 41.8. The minimum atomic E-state index is -1.04. The lowest BCUT2D eigenvalue weighted by Crippen LogP contribution is -2.45. The summed E-state index contributed by atoms with van der Waals surface area (Å²) in [6.45, 7) is 6.54. The molecule has 4 atom stereocenters. The fraction of sp³-hybridized carbons (Fsp3) is 0.375. The third-order valence-corrected chi connectivity index (χ3v) is 6.68. The topological polar surface area (TPSA) is 122 Å². The van der Waals surface area contributed by atoms with E-state index >= 15 is 0 Å². The number of ether oxygens (including phenoxy) is 5. The highest BCUT2D eigenvalue weighted by atomic mass is 16.6. The summed E-state index contributed by atoms with van der Waals surface area (Å²) < 4.78 is 27.9. The average molecular weight is 579 g/mol. The van der Waals surface area contributed by atoms with Crippen LogP contribution in [0.3, 0.4) is 0 Å². The Kier molecular flexibility index (Phi) is 11.7. The number of benzene rings is 2. The van der Waals surface area contributed by atoms with Gasteiger partial charge in [-0.3, -0.25) is 9.59 Å².